The van der Waals surface area contributed by atoms with Crippen LogP contribution in [0.3, 0.4) is 0 Å². The van der Waals surface area contributed by atoms with Gasteiger partial charge in [-0.05, 0) is 49.0 Å². The van der Waals surface area contributed by atoms with Crippen molar-refractivity contribution in [2.24, 2.45) is 0 Å². The van der Waals surface area contributed by atoms with Gasteiger partial charge >= 0.3 is 11.8 Å². The lowest BCUT2D eigenvalue weighted by molar-refractivity contribution is -0.496. The molecule has 8 heteroatoms. The zero-order valence-electron chi connectivity index (χ0n) is 18.2. The van der Waals surface area contributed by atoms with Gasteiger partial charge in [0.2, 0.25) is 17.6 Å². The first-order valence-electron chi connectivity index (χ1n) is 11.4. The Balaban J connectivity index is 1.81. The van der Waals surface area contributed by atoms with Crippen LogP contribution in [0.4, 0.5) is 16.0 Å². The van der Waals surface area contributed by atoms with Gasteiger partial charge in [0.05, 0.1) is 12.6 Å². The largest absolute Gasteiger partial charge is 0.408 e. The molecule has 2 aliphatic heterocycles. The number of aromatic nitrogens is 2. The van der Waals surface area contributed by atoms with Crippen LogP contribution in [0.1, 0.15) is 58.8 Å². The van der Waals surface area contributed by atoms with Crippen molar-refractivity contribution < 1.29 is 18.7 Å². The molecule has 2 atom stereocenters. The number of anilines is 1. The van der Waals surface area contributed by atoms with E-state index in [1.165, 1.54) is 12.1 Å². The Morgan fingerprint density at radius 1 is 1.26 bits per heavy atom. The third-order valence-electron chi connectivity index (χ3n) is 6.13. The minimum Gasteiger partial charge on any atom is -0.408 e. The topological polar surface area (TPSA) is 67.4 Å². The number of nitroso groups, excluding NO2 is 1. The molecule has 0 amide bonds. The maximum atomic E-state index is 13.7. The Morgan fingerprint density at radius 3 is 2.81 bits per heavy atom. The first-order chi connectivity index (χ1) is 15.0. The molecule has 1 unspecified atom stereocenters. The molecule has 0 N–H and O–H groups in total. The van der Waals surface area contributed by atoms with Crippen molar-refractivity contribution in [3.8, 4) is 11.8 Å². The molecule has 3 heterocycles. The number of hydrogen-bond acceptors (Lipinski definition) is 5. The highest BCUT2D eigenvalue weighted by atomic mass is 19.1. The quantitative estimate of drug-likeness (QED) is 0.544. The summed E-state index contributed by atoms with van der Waals surface area (Å²) in [6.45, 7) is 5.35. The number of carbonyl (C=O) groups is 1. The number of nitrogens with zero attached hydrogens (tertiary/aromatic N) is 4. The number of rotatable bonds is 8. The summed E-state index contributed by atoms with van der Waals surface area (Å²) in [6.07, 6.45) is 5.63. The maximum absolute atomic E-state index is 13.7. The highest BCUT2D eigenvalue weighted by Gasteiger charge is 2.50. The monoisotopic (exact) mass is 429 g/mol. The van der Waals surface area contributed by atoms with Crippen molar-refractivity contribution in [3.05, 3.63) is 35.0 Å². The fraction of sp³-hybridized carbons (Fsp3) is 0.565. The van der Waals surface area contributed by atoms with E-state index in [-0.39, 0.29) is 17.8 Å². The number of carbonyl (C=O) groups excluding carboxylic acids is 1. The number of imidazole rings is 1. The van der Waals surface area contributed by atoms with Crippen LogP contribution in [0, 0.1) is 10.7 Å². The maximum Gasteiger partial charge on any atom is 0.398 e. The second-order valence-corrected chi connectivity index (χ2v) is 8.34. The van der Waals surface area contributed by atoms with E-state index in [2.05, 4.69) is 18.8 Å². The molecule has 1 saturated heterocycles. The van der Waals surface area contributed by atoms with Crippen LogP contribution in [0.15, 0.2) is 24.3 Å². The number of ether oxygens (including phenoxy) is 1. The second kappa shape index (κ2) is 9.16. The van der Waals surface area contributed by atoms with E-state index < -0.39 is 11.9 Å². The fourth-order valence-corrected chi connectivity index (χ4v) is 4.51. The number of ketones is 1. The first kappa shape index (κ1) is 21.5. The Morgan fingerprint density at radius 2 is 2.06 bits per heavy atom. The molecule has 2 aromatic rings. The molecule has 0 radical (unpaired) electrons. The Labute approximate surface area is 181 Å². The molecule has 0 bridgehead atoms. The lowest BCUT2D eigenvalue weighted by Gasteiger charge is -2.20. The van der Waals surface area contributed by atoms with E-state index in [0.717, 1.165) is 43.3 Å². The average Bonchev–Trinajstić information content (AvgIpc) is 3.35. The molecule has 4 rings (SSSR count). The molecule has 31 heavy (non-hydrogen) atoms. The molecule has 166 valence electrons. The van der Waals surface area contributed by atoms with Gasteiger partial charge < -0.3 is 9.64 Å². The standard InChI is InChI=1S/C23H30FN4O3/c1-3-5-11-19-20(29)18-12-8-14-26(18)21-22(28(19)30)27(13-6-4-2)23(25-21)31-17-10-7-9-16(24)15-17/h7,9-10,15,18-19H,3-6,8,11-14H2,1-2H3/q+1/t18-,19?/m1/s1. The molecule has 7 nitrogen and oxygen atoms in total. The lowest BCUT2D eigenvalue weighted by atomic mass is 9.99. The summed E-state index contributed by atoms with van der Waals surface area (Å²) >= 11 is 0. The minimum absolute atomic E-state index is 0.00593. The van der Waals surface area contributed by atoms with Crippen molar-refractivity contribution >= 4 is 17.4 Å². The van der Waals surface area contributed by atoms with Crippen LogP contribution in [0.25, 0.3) is 0 Å². The van der Waals surface area contributed by atoms with E-state index in [9.17, 15) is 14.1 Å². The summed E-state index contributed by atoms with van der Waals surface area (Å²) in [4.78, 5) is 33.5. The molecule has 2 aliphatic rings. The first-order valence-corrected chi connectivity index (χ1v) is 11.4. The number of unbranched alkanes of at least 4 members (excludes halogenated alkanes) is 2. The summed E-state index contributed by atoms with van der Waals surface area (Å²) < 4.78 is 22.3. The molecule has 1 aromatic carbocycles. The summed E-state index contributed by atoms with van der Waals surface area (Å²) in [7, 11) is 0. The van der Waals surface area contributed by atoms with Crippen LogP contribution in [-0.4, -0.2) is 38.7 Å². The molecular formula is C23H30FN4O3+. The summed E-state index contributed by atoms with van der Waals surface area (Å²) in [5, 5.41) is 0. The van der Waals surface area contributed by atoms with Gasteiger partial charge in [0.15, 0.2) is 0 Å². The normalized spacial score (nSPS) is 20.5. The van der Waals surface area contributed by atoms with Crippen molar-refractivity contribution in [1.29, 1.82) is 0 Å². The van der Waals surface area contributed by atoms with Crippen LogP contribution in [-0.2, 0) is 11.3 Å². The number of benzene rings is 1. The summed E-state index contributed by atoms with van der Waals surface area (Å²) in [5.74, 6) is 0.813. The Hall–Kier alpha value is -2.77. The van der Waals surface area contributed by atoms with E-state index in [0.29, 0.717) is 36.9 Å². The van der Waals surface area contributed by atoms with E-state index in [1.54, 1.807) is 16.7 Å². The van der Waals surface area contributed by atoms with Gasteiger partial charge in [-0.3, -0.25) is 4.79 Å². The van der Waals surface area contributed by atoms with Gasteiger partial charge in [-0.25, -0.2) is 4.39 Å². The van der Waals surface area contributed by atoms with Crippen LogP contribution in [0.5, 0.6) is 11.8 Å². The molecule has 1 aromatic heterocycles. The smallest absolute Gasteiger partial charge is 0.398 e. The molecule has 0 aliphatic carbocycles. The molecule has 1 fully saturated rings. The van der Waals surface area contributed by atoms with Crippen molar-refractivity contribution in [3.63, 3.8) is 0 Å². The van der Waals surface area contributed by atoms with Crippen LogP contribution < -0.4 is 9.64 Å². The van der Waals surface area contributed by atoms with Crippen molar-refractivity contribution in [1.82, 2.24) is 9.55 Å². The highest BCUT2D eigenvalue weighted by Crippen LogP contribution is 2.42. The number of halogens is 1. The average molecular weight is 430 g/mol. The van der Waals surface area contributed by atoms with Crippen LogP contribution in [0.2, 0.25) is 0 Å². The predicted molar refractivity (Wildman–Crippen MR) is 116 cm³/mol. The second-order valence-electron chi connectivity index (χ2n) is 8.34. The lowest BCUT2D eigenvalue weighted by Crippen LogP contribution is -2.42. The third kappa shape index (κ3) is 4.07. The summed E-state index contributed by atoms with van der Waals surface area (Å²) in [6, 6.07) is 5.11. The van der Waals surface area contributed by atoms with Crippen LogP contribution >= 0.6 is 0 Å². The Kier molecular flexibility index (Phi) is 6.34. The third-order valence-corrected chi connectivity index (χ3v) is 6.13. The van der Waals surface area contributed by atoms with E-state index >= 15 is 0 Å². The minimum atomic E-state index is -0.717. The van der Waals surface area contributed by atoms with Gasteiger partial charge in [0.1, 0.15) is 11.6 Å². The van der Waals surface area contributed by atoms with Gasteiger partial charge in [-0.2, -0.15) is 4.57 Å². The zero-order valence-corrected chi connectivity index (χ0v) is 18.2. The van der Waals surface area contributed by atoms with Gasteiger partial charge in [0.25, 0.3) is 0 Å². The van der Waals surface area contributed by atoms with Crippen molar-refractivity contribution in [2.75, 3.05) is 11.4 Å². The van der Waals surface area contributed by atoms with E-state index in [1.807, 2.05) is 4.90 Å². The number of fused-ring (bicyclic) bond motifs is 3. The molecular weight excluding hydrogens is 399 g/mol. The summed E-state index contributed by atoms with van der Waals surface area (Å²) in [5.41, 5.74) is 0. The predicted octanol–water partition coefficient (Wildman–Crippen LogP) is 5.14. The van der Waals surface area contributed by atoms with Gasteiger partial charge in [-0.15, -0.1) is 4.98 Å². The van der Waals surface area contributed by atoms with Gasteiger partial charge in [-0.1, -0.05) is 37.7 Å². The SMILES string of the molecule is CCCCC1C(=O)[C@H]2CCCN2c2nc(Oc3cccc(F)c3)n(CCCC)c2[N+]1=O. The van der Waals surface area contributed by atoms with Crippen molar-refractivity contribution in [2.45, 2.75) is 77.4 Å². The number of Topliss-reactive ketones (excluding diaryl/α,β-unsaturated/α-hetero) is 1. The Bertz CT molecular complexity index is 974. The molecule has 0 saturated carbocycles. The molecule has 0 spiro atoms. The fourth-order valence-electron chi connectivity index (χ4n) is 4.51. The van der Waals surface area contributed by atoms with E-state index in [4.69, 9.17) is 4.74 Å². The zero-order chi connectivity index (χ0) is 22.0. The number of hydrogen-bond donors (Lipinski definition) is 0. The van der Waals surface area contributed by atoms with Gasteiger partial charge in [0, 0.05) is 12.6 Å². The highest BCUT2D eigenvalue weighted by molar-refractivity contribution is 5.93.